The minimum atomic E-state index is -0.873. The number of hydrogen-bond donors (Lipinski definition) is 2. The second-order valence-electron chi connectivity index (χ2n) is 6.85. The highest BCUT2D eigenvalue weighted by Crippen LogP contribution is 2.25. The molecule has 7 nitrogen and oxygen atoms in total. The van der Waals surface area contributed by atoms with Crippen LogP contribution in [0.2, 0.25) is 0 Å². The summed E-state index contributed by atoms with van der Waals surface area (Å²) in [5.41, 5.74) is 1.37. The maximum Gasteiger partial charge on any atom is 0.308 e. The third-order valence-corrected chi connectivity index (χ3v) is 4.96. The lowest BCUT2D eigenvalue weighted by atomic mass is 9.97. The monoisotopic (exact) mass is 344 g/mol. The number of carboxylic acid groups (broad SMARTS) is 1. The standard InChI is InChI=1S/C18H20N2O5/c1-10-8-20(9-14(10)18(24)25)17(23)12-4-2-11(3-5-12)6-13-7-15(21)19-16(13)22/h2-5,10,13-14H,6-9H2,1H3,(H,24,25)(H,19,21,22)/t10-,13?,14-/m1/s1. The number of hydrogen-bond acceptors (Lipinski definition) is 4. The van der Waals surface area contributed by atoms with Crippen molar-refractivity contribution in [2.24, 2.45) is 17.8 Å². The van der Waals surface area contributed by atoms with Gasteiger partial charge in [0.25, 0.3) is 5.91 Å². The first-order valence-corrected chi connectivity index (χ1v) is 8.30. The molecule has 2 saturated heterocycles. The van der Waals surface area contributed by atoms with Crippen molar-refractivity contribution in [3.63, 3.8) is 0 Å². The molecule has 0 radical (unpaired) electrons. The van der Waals surface area contributed by atoms with E-state index in [4.69, 9.17) is 0 Å². The summed E-state index contributed by atoms with van der Waals surface area (Å²) in [6, 6.07) is 6.92. The average molecular weight is 344 g/mol. The van der Waals surface area contributed by atoms with Crippen molar-refractivity contribution in [3.05, 3.63) is 35.4 Å². The molecule has 2 N–H and O–H groups in total. The van der Waals surface area contributed by atoms with Gasteiger partial charge in [0.05, 0.1) is 11.8 Å². The van der Waals surface area contributed by atoms with Crippen LogP contribution in [0.5, 0.6) is 0 Å². The zero-order chi connectivity index (χ0) is 18.1. The molecule has 0 aliphatic carbocycles. The van der Waals surface area contributed by atoms with Crippen LogP contribution in [0, 0.1) is 17.8 Å². The van der Waals surface area contributed by atoms with E-state index in [0.29, 0.717) is 18.5 Å². The Kier molecular flexibility index (Phi) is 4.57. The van der Waals surface area contributed by atoms with Crippen molar-refractivity contribution in [3.8, 4) is 0 Å². The van der Waals surface area contributed by atoms with Gasteiger partial charge in [-0.1, -0.05) is 19.1 Å². The number of aliphatic carboxylic acids is 1. The van der Waals surface area contributed by atoms with Crippen molar-refractivity contribution >= 4 is 23.7 Å². The Morgan fingerprint density at radius 1 is 1.20 bits per heavy atom. The van der Waals surface area contributed by atoms with E-state index in [1.165, 1.54) is 0 Å². The van der Waals surface area contributed by atoms with E-state index >= 15 is 0 Å². The van der Waals surface area contributed by atoms with Gasteiger partial charge < -0.3 is 10.0 Å². The van der Waals surface area contributed by atoms with Crippen molar-refractivity contribution in [2.45, 2.75) is 19.8 Å². The molecular weight excluding hydrogens is 324 g/mol. The molecule has 2 heterocycles. The number of imide groups is 1. The summed E-state index contributed by atoms with van der Waals surface area (Å²) in [5.74, 6) is -2.52. The minimum Gasteiger partial charge on any atom is -0.481 e. The molecule has 7 heteroatoms. The molecule has 3 atom stereocenters. The van der Waals surface area contributed by atoms with Crippen molar-refractivity contribution in [2.75, 3.05) is 13.1 Å². The summed E-state index contributed by atoms with van der Waals surface area (Å²) < 4.78 is 0. The van der Waals surface area contributed by atoms with Crippen LogP contribution >= 0.6 is 0 Å². The molecule has 1 unspecified atom stereocenters. The molecular formula is C18H20N2O5. The van der Waals surface area contributed by atoms with Crippen LogP contribution in [0.4, 0.5) is 0 Å². The maximum atomic E-state index is 12.5. The molecule has 2 aliphatic rings. The van der Waals surface area contributed by atoms with Crippen LogP contribution in [-0.4, -0.2) is 46.8 Å². The Morgan fingerprint density at radius 2 is 1.88 bits per heavy atom. The van der Waals surface area contributed by atoms with Crippen molar-refractivity contribution in [1.82, 2.24) is 10.2 Å². The Morgan fingerprint density at radius 3 is 2.40 bits per heavy atom. The molecule has 25 heavy (non-hydrogen) atoms. The van der Waals surface area contributed by atoms with E-state index in [2.05, 4.69) is 5.32 Å². The van der Waals surface area contributed by atoms with Crippen LogP contribution in [-0.2, 0) is 20.8 Å². The molecule has 1 aromatic carbocycles. The van der Waals surface area contributed by atoms with Crippen LogP contribution in [0.25, 0.3) is 0 Å². The summed E-state index contributed by atoms with van der Waals surface area (Å²) in [6.07, 6.45) is 0.648. The second kappa shape index (κ2) is 6.66. The highest BCUT2D eigenvalue weighted by Gasteiger charge is 2.37. The number of rotatable bonds is 4. The van der Waals surface area contributed by atoms with E-state index < -0.39 is 11.9 Å². The normalized spacial score (nSPS) is 26.0. The summed E-state index contributed by atoms with van der Waals surface area (Å²) in [7, 11) is 0. The van der Waals surface area contributed by atoms with Gasteiger partial charge in [0, 0.05) is 25.1 Å². The highest BCUT2D eigenvalue weighted by molar-refractivity contribution is 6.03. The number of carboxylic acids is 1. The number of nitrogens with zero attached hydrogens (tertiary/aromatic N) is 1. The Bertz CT molecular complexity index is 727. The summed E-state index contributed by atoms with van der Waals surface area (Å²) in [6.45, 7) is 2.49. The number of likely N-dealkylation sites (tertiary alicyclic amines) is 1. The largest absolute Gasteiger partial charge is 0.481 e. The first-order valence-electron chi connectivity index (χ1n) is 8.30. The summed E-state index contributed by atoms with van der Waals surface area (Å²) in [5, 5.41) is 11.5. The number of carbonyl (C=O) groups excluding carboxylic acids is 3. The molecule has 132 valence electrons. The van der Waals surface area contributed by atoms with Gasteiger partial charge in [0.15, 0.2) is 0 Å². The van der Waals surface area contributed by atoms with Gasteiger partial charge in [-0.05, 0) is 30.0 Å². The minimum absolute atomic E-state index is 0.0702. The number of nitrogens with one attached hydrogen (secondary N) is 1. The smallest absolute Gasteiger partial charge is 0.308 e. The lowest BCUT2D eigenvalue weighted by Gasteiger charge is -2.16. The van der Waals surface area contributed by atoms with E-state index in [1.807, 2.05) is 6.92 Å². The van der Waals surface area contributed by atoms with Gasteiger partial charge in [0.1, 0.15) is 0 Å². The highest BCUT2D eigenvalue weighted by atomic mass is 16.4. The molecule has 3 rings (SSSR count). The summed E-state index contributed by atoms with van der Waals surface area (Å²) in [4.78, 5) is 48.1. The van der Waals surface area contributed by atoms with Gasteiger partial charge in [0.2, 0.25) is 11.8 Å². The topological polar surface area (TPSA) is 104 Å². The zero-order valence-corrected chi connectivity index (χ0v) is 13.9. The fraction of sp³-hybridized carbons (Fsp3) is 0.444. The molecule has 0 bridgehead atoms. The molecule has 3 amide bonds. The number of carbonyl (C=O) groups is 4. The molecule has 2 fully saturated rings. The first-order chi connectivity index (χ1) is 11.8. The van der Waals surface area contributed by atoms with E-state index in [9.17, 15) is 24.3 Å². The first kappa shape index (κ1) is 17.1. The zero-order valence-electron chi connectivity index (χ0n) is 13.9. The molecule has 0 aromatic heterocycles. The van der Waals surface area contributed by atoms with E-state index in [1.54, 1.807) is 29.2 Å². The van der Waals surface area contributed by atoms with Crippen LogP contribution in [0.15, 0.2) is 24.3 Å². The predicted molar refractivity (Wildman–Crippen MR) is 87.6 cm³/mol. The third-order valence-electron chi connectivity index (χ3n) is 4.96. The fourth-order valence-electron chi connectivity index (χ4n) is 3.48. The van der Waals surface area contributed by atoms with Crippen molar-refractivity contribution in [1.29, 1.82) is 0 Å². The lowest BCUT2D eigenvalue weighted by molar-refractivity contribution is -0.142. The number of benzene rings is 1. The van der Waals surface area contributed by atoms with Crippen LogP contribution < -0.4 is 5.32 Å². The Labute approximate surface area is 145 Å². The molecule has 0 saturated carbocycles. The van der Waals surface area contributed by atoms with E-state index in [-0.39, 0.29) is 42.5 Å². The van der Waals surface area contributed by atoms with E-state index in [0.717, 1.165) is 5.56 Å². The van der Waals surface area contributed by atoms with Gasteiger partial charge >= 0.3 is 5.97 Å². The van der Waals surface area contributed by atoms with Crippen LogP contribution in [0.1, 0.15) is 29.3 Å². The Balaban J connectivity index is 1.64. The molecule has 0 spiro atoms. The van der Waals surface area contributed by atoms with Crippen molar-refractivity contribution < 1.29 is 24.3 Å². The Hall–Kier alpha value is -2.70. The predicted octanol–water partition coefficient (Wildman–Crippen LogP) is 0.684. The fourth-order valence-corrected chi connectivity index (χ4v) is 3.48. The van der Waals surface area contributed by atoms with Crippen LogP contribution in [0.3, 0.4) is 0 Å². The molecule has 2 aliphatic heterocycles. The maximum absolute atomic E-state index is 12.5. The van der Waals surface area contributed by atoms with Gasteiger partial charge in [-0.15, -0.1) is 0 Å². The van der Waals surface area contributed by atoms with Gasteiger partial charge in [-0.2, -0.15) is 0 Å². The van der Waals surface area contributed by atoms with Gasteiger partial charge in [-0.3, -0.25) is 24.5 Å². The lowest BCUT2D eigenvalue weighted by Crippen LogP contribution is -2.29. The number of amides is 3. The SMILES string of the molecule is C[C@@H]1CN(C(=O)c2ccc(CC3CC(=O)NC3=O)cc2)C[C@H]1C(=O)O. The average Bonchev–Trinajstić information content (AvgIpc) is 3.10. The van der Waals surface area contributed by atoms with Gasteiger partial charge in [-0.25, -0.2) is 0 Å². The quantitative estimate of drug-likeness (QED) is 0.782. The second-order valence-corrected chi connectivity index (χ2v) is 6.85. The summed E-state index contributed by atoms with van der Waals surface area (Å²) >= 11 is 0. The third kappa shape index (κ3) is 3.55. The molecule has 1 aromatic rings.